The van der Waals surface area contributed by atoms with Crippen molar-refractivity contribution in [1.82, 2.24) is 20.5 Å². The maximum atomic E-state index is 11.9. The van der Waals surface area contributed by atoms with Crippen LogP contribution in [0, 0.1) is 0 Å². The Bertz CT molecular complexity index is 482. The number of nitrogens with zero attached hydrogens (tertiary/aromatic N) is 2. The first-order valence-corrected chi connectivity index (χ1v) is 6.86. The fourth-order valence-electron chi connectivity index (χ4n) is 2.08. The number of hydrogen-bond donors (Lipinski definition) is 2. The van der Waals surface area contributed by atoms with E-state index in [1.807, 2.05) is 20.8 Å². The Labute approximate surface area is 113 Å². The van der Waals surface area contributed by atoms with Gasteiger partial charge in [0.2, 0.25) is 5.82 Å². The van der Waals surface area contributed by atoms with Gasteiger partial charge in [0.25, 0.3) is 5.91 Å². The van der Waals surface area contributed by atoms with Crippen LogP contribution in [0.2, 0.25) is 0 Å². The Morgan fingerprint density at radius 2 is 2.26 bits per heavy atom. The van der Waals surface area contributed by atoms with Gasteiger partial charge in [0.1, 0.15) is 5.82 Å². The van der Waals surface area contributed by atoms with Crippen LogP contribution in [0.4, 0.5) is 0 Å². The van der Waals surface area contributed by atoms with Crippen LogP contribution >= 0.6 is 0 Å². The molecule has 1 heterocycles. The van der Waals surface area contributed by atoms with Crippen molar-refractivity contribution in [3.8, 4) is 0 Å². The zero-order valence-electron chi connectivity index (χ0n) is 11.9. The standard InChI is InChI=1S/C14H22N4O/c1-14(2,3)13-16-11(17-18-13)12(19)15-9-8-10-6-4-5-7-10/h6H,4-5,7-9H2,1-3H3,(H,15,19)(H,16,17,18). The minimum Gasteiger partial charge on any atom is -0.349 e. The molecular formula is C14H22N4O. The summed E-state index contributed by atoms with van der Waals surface area (Å²) in [7, 11) is 0. The van der Waals surface area contributed by atoms with Crippen molar-refractivity contribution in [2.75, 3.05) is 6.54 Å². The van der Waals surface area contributed by atoms with E-state index >= 15 is 0 Å². The van der Waals surface area contributed by atoms with E-state index in [0.717, 1.165) is 12.2 Å². The van der Waals surface area contributed by atoms with Crippen molar-refractivity contribution in [1.29, 1.82) is 0 Å². The SMILES string of the molecule is CC(C)(C)c1nc(C(=O)NCCC2=CCCC2)n[nH]1. The number of carbonyl (C=O) groups excluding carboxylic acids is 1. The molecule has 1 aromatic rings. The van der Waals surface area contributed by atoms with Gasteiger partial charge in [-0.1, -0.05) is 32.4 Å². The maximum Gasteiger partial charge on any atom is 0.290 e. The van der Waals surface area contributed by atoms with E-state index in [0.29, 0.717) is 6.54 Å². The average Bonchev–Trinajstić information content (AvgIpc) is 2.99. The summed E-state index contributed by atoms with van der Waals surface area (Å²) in [5.41, 5.74) is 1.32. The molecular weight excluding hydrogens is 240 g/mol. The quantitative estimate of drug-likeness (QED) is 0.818. The van der Waals surface area contributed by atoms with Crippen LogP contribution in [-0.4, -0.2) is 27.6 Å². The number of nitrogens with one attached hydrogen (secondary N) is 2. The summed E-state index contributed by atoms with van der Waals surface area (Å²) in [6.45, 7) is 6.75. The lowest BCUT2D eigenvalue weighted by Gasteiger charge is -2.12. The molecule has 0 saturated carbocycles. The molecule has 104 valence electrons. The Morgan fingerprint density at radius 1 is 1.47 bits per heavy atom. The number of aromatic nitrogens is 3. The van der Waals surface area contributed by atoms with Crippen molar-refractivity contribution in [2.45, 2.75) is 51.9 Å². The van der Waals surface area contributed by atoms with Gasteiger partial charge < -0.3 is 5.32 Å². The minimum atomic E-state index is -0.203. The van der Waals surface area contributed by atoms with E-state index in [-0.39, 0.29) is 17.1 Å². The van der Waals surface area contributed by atoms with E-state index in [4.69, 9.17) is 0 Å². The Morgan fingerprint density at radius 3 is 2.84 bits per heavy atom. The molecule has 2 rings (SSSR count). The predicted molar refractivity (Wildman–Crippen MR) is 74.0 cm³/mol. The van der Waals surface area contributed by atoms with Crippen LogP contribution in [0.15, 0.2) is 11.6 Å². The fourth-order valence-corrected chi connectivity index (χ4v) is 2.08. The van der Waals surface area contributed by atoms with Gasteiger partial charge in [-0.3, -0.25) is 9.89 Å². The third kappa shape index (κ3) is 3.66. The maximum absolute atomic E-state index is 11.9. The third-order valence-corrected chi connectivity index (χ3v) is 3.27. The first kappa shape index (κ1) is 13.8. The van der Waals surface area contributed by atoms with Gasteiger partial charge in [-0.05, 0) is 25.7 Å². The molecule has 19 heavy (non-hydrogen) atoms. The van der Waals surface area contributed by atoms with Crippen molar-refractivity contribution in [3.63, 3.8) is 0 Å². The van der Waals surface area contributed by atoms with Crippen LogP contribution in [0.3, 0.4) is 0 Å². The summed E-state index contributed by atoms with van der Waals surface area (Å²) in [4.78, 5) is 16.1. The molecule has 1 amide bonds. The van der Waals surface area contributed by atoms with Crippen LogP contribution in [0.5, 0.6) is 0 Å². The number of hydrogen-bond acceptors (Lipinski definition) is 3. The number of amides is 1. The highest BCUT2D eigenvalue weighted by Gasteiger charge is 2.21. The van der Waals surface area contributed by atoms with Crippen molar-refractivity contribution in [3.05, 3.63) is 23.3 Å². The lowest BCUT2D eigenvalue weighted by Crippen LogP contribution is -2.26. The van der Waals surface area contributed by atoms with Gasteiger partial charge in [0.15, 0.2) is 0 Å². The number of rotatable bonds is 4. The monoisotopic (exact) mass is 262 g/mol. The van der Waals surface area contributed by atoms with Gasteiger partial charge >= 0.3 is 0 Å². The predicted octanol–water partition coefficient (Wildman–Crippen LogP) is 2.33. The number of H-pyrrole nitrogens is 1. The summed E-state index contributed by atoms with van der Waals surface area (Å²) < 4.78 is 0. The summed E-state index contributed by atoms with van der Waals surface area (Å²) in [6.07, 6.45) is 6.81. The summed E-state index contributed by atoms with van der Waals surface area (Å²) in [6, 6.07) is 0. The Balaban J connectivity index is 1.84. The molecule has 0 spiro atoms. The summed E-state index contributed by atoms with van der Waals surface area (Å²) in [5.74, 6) is 0.756. The number of aromatic amines is 1. The largest absolute Gasteiger partial charge is 0.349 e. The van der Waals surface area contributed by atoms with Crippen molar-refractivity contribution >= 4 is 5.91 Å². The number of carbonyl (C=O) groups is 1. The van der Waals surface area contributed by atoms with Crippen LogP contribution in [-0.2, 0) is 5.41 Å². The molecule has 1 aliphatic carbocycles. The third-order valence-electron chi connectivity index (χ3n) is 3.27. The van der Waals surface area contributed by atoms with Crippen molar-refractivity contribution < 1.29 is 4.79 Å². The molecule has 0 radical (unpaired) electrons. The second-order valence-corrected chi connectivity index (χ2v) is 6.02. The second kappa shape index (κ2) is 5.55. The Kier molecular flexibility index (Phi) is 4.02. The summed E-state index contributed by atoms with van der Waals surface area (Å²) in [5, 5.41) is 9.66. The van der Waals surface area contributed by atoms with Crippen LogP contribution < -0.4 is 5.32 Å². The lowest BCUT2D eigenvalue weighted by molar-refractivity contribution is 0.0944. The minimum absolute atomic E-state index is 0.125. The van der Waals surface area contributed by atoms with Crippen LogP contribution in [0.25, 0.3) is 0 Å². The first-order chi connectivity index (χ1) is 8.97. The molecule has 0 aromatic carbocycles. The highest BCUT2D eigenvalue weighted by molar-refractivity contribution is 5.90. The molecule has 0 aliphatic heterocycles. The van der Waals surface area contributed by atoms with Gasteiger partial charge in [-0.2, -0.15) is 0 Å². The van der Waals surface area contributed by atoms with E-state index in [1.54, 1.807) is 0 Å². The molecule has 0 fully saturated rings. The Hall–Kier alpha value is -1.65. The van der Waals surface area contributed by atoms with Crippen molar-refractivity contribution in [2.24, 2.45) is 0 Å². The average molecular weight is 262 g/mol. The van der Waals surface area contributed by atoms with E-state index in [9.17, 15) is 4.79 Å². The second-order valence-electron chi connectivity index (χ2n) is 6.02. The highest BCUT2D eigenvalue weighted by Crippen LogP contribution is 2.20. The van der Waals surface area contributed by atoms with Gasteiger partial charge in [-0.15, -0.1) is 5.10 Å². The molecule has 0 bridgehead atoms. The normalized spacial score (nSPS) is 15.4. The fraction of sp³-hybridized carbons (Fsp3) is 0.643. The molecule has 1 aromatic heterocycles. The van der Waals surface area contributed by atoms with Gasteiger partial charge in [0.05, 0.1) is 0 Å². The van der Waals surface area contributed by atoms with Crippen LogP contribution in [0.1, 0.15) is 62.9 Å². The topological polar surface area (TPSA) is 70.7 Å². The first-order valence-electron chi connectivity index (χ1n) is 6.86. The molecule has 1 aliphatic rings. The lowest BCUT2D eigenvalue weighted by atomic mass is 9.96. The van der Waals surface area contributed by atoms with E-state index in [2.05, 4.69) is 26.6 Å². The van der Waals surface area contributed by atoms with E-state index < -0.39 is 0 Å². The summed E-state index contributed by atoms with van der Waals surface area (Å²) >= 11 is 0. The molecule has 5 heteroatoms. The molecule has 5 nitrogen and oxygen atoms in total. The van der Waals surface area contributed by atoms with Gasteiger partial charge in [-0.25, -0.2) is 4.98 Å². The molecule has 0 saturated heterocycles. The van der Waals surface area contributed by atoms with E-state index in [1.165, 1.54) is 24.8 Å². The zero-order chi connectivity index (χ0) is 13.9. The molecule has 0 atom stereocenters. The highest BCUT2D eigenvalue weighted by atomic mass is 16.2. The van der Waals surface area contributed by atoms with Gasteiger partial charge in [0, 0.05) is 12.0 Å². The number of allylic oxidation sites excluding steroid dienone is 1. The molecule has 2 N–H and O–H groups in total. The zero-order valence-corrected chi connectivity index (χ0v) is 11.9. The molecule has 0 unspecified atom stereocenters. The smallest absolute Gasteiger partial charge is 0.290 e.